The van der Waals surface area contributed by atoms with Crippen molar-refractivity contribution in [1.29, 1.82) is 0 Å². The lowest BCUT2D eigenvalue weighted by atomic mass is 10.0. The number of alkyl halides is 1. The molecule has 1 amide bonds. The van der Waals surface area contributed by atoms with E-state index in [0.29, 0.717) is 18.0 Å². The molecule has 1 rings (SSSR count). The molecule has 1 aliphatic heterocycles. The van der Waals surface area contributed by atoms with Crippen LogP contribution in [0.3, 0.4) is 0 Å². The molecule has 0 aromatic rings. The summed E-state index contributed by atoms with van der Waals surface area (Å²) in [4.78, 5) is 14.1. The molecule has 0 radical (unpaired) electrons. The van der Waals surface area contributed by atoms with E-state index in [-0.39, 0.29) is 11.8 Å². The van der Waals surface area contributed by atoms with Crippen molar-refractivity contribution in [2.75, 3.05) is 19.0 Å². The molecule has 1 unspecified atom stereocenters. The van der Waals surface area contributed by atoms with E-state index in [1.807, 2.05) is 6.92 Å². The number of hydrogen-bond donors (Lipinski definition) is 1. The molecule has 0 saturated carbocycles. The zero-order valence-electron chi connectivity index (χ0n) is 10.5. The maximum atomic E-state index is 11.6. The Labute approximate surface area is 104 Å². The van der Waals surface area contributed by atoms with Crippen LogP contribution in [0.4, 0.5) is 0 Å². The Balaban J connectivity index is 2.29. The van der Waals surface area contributed by atoms with E-state index >= 15 is 0 Å². The van der Waals surface area contributed by atoms with E-state index in [2.05, 4.69) is 24.1 Å². The molecule has 1 heterocycles. The highest BCUT2D eigenvalue weighted by atomic mass is 35.5. The summed E-state index contributed by atoms with van der Waals surface area (Å²) >= 11 is 5.66. The molecule has 0 aromatic heterocycles. The highest BCUT2D eigenvalue weighted by Crippen LogP contribution is 2.13. The number of rotatable bonds is 4. The summed E-state index contributed by atoms with van der Waals surface area (Å²) in [5.41, 5.74) is 0. The van der Waals surface area contributed by atoms with Crippen LogP contribution in [0.15, 0.2) is 0 Å². The van der Waals surface area contributed by atoms with Crippen LogP contribution >= 0.6 is 11.6 Å². The maximum absolute atomic E-state index is 11.6. The minimum atomic E-state index is -0.0789. The van der Waals surface area contributed by atoms with Gasteiger partial charge in [0.15, 0.2) is 0 Å². The highest BCUT2D eigenvalue weighted by Gasteiger charge is 2.23. The van der Waals surface area contributed by atoms with E-state index in [9.17, 15) is 4.79 Å². The van der Waals surface area contributed by atoms with E-state index in [1.165, 1.54) is 0 Å². The first kappa shape index (κ1) is 13.8. The molecule has 4 heteroatoms. The van der Waals surface area contributed by atoms with Crippen LogP contribution in [0.1, 0.15) is 33.6 Å². The van der Waals surface area contributed by atoms with Crippen molar-refractivity contribution in [1.82, 2.24) is 10.2 Å². The summed E-state index contributed by atoms with van der Waals surface area (Å²) in [7, 11) is 0. The molecule has 1 aliphatic rings. The molecular formula is C12H23ClN2O. The molecule has 0 aromatic carbocycles. The Morgan fingerprint density at radius 1 is 1.38 bits per heavy atom. The predicted octanol–water partition coefficient (Wildman–Crippen LogP) is 1.85. The zero-order valence-corrected chi connectivity index (χ0v) is 11.3. The Hall–Kier alpha value is -0.280. The van der Waals surface area contributed by atoms with Gasteiger partial charge in [-0.2, -0.15) is 0 Å². The summed E-state index contributed by atoms with van der Waals surface area (Å²) < 4.78 is 0. The quantitative estimate of drug-likeness (QED) is 0.768. The number of carbonyl (C=O) groups is 1. The van der Waals surface area contributed by atoms with Crippen LogP contribution in [0.5, 0.6) is 0 Å². The fourth-order valence-corrected chi connectivity index (χ4v) is 2.11. The Morgan fingerprint density at radius 2 is 1.94 bits per heavy atom. The third-order valence-corrected chi connectivity index (χ3v) is 3.75. The summed E-state index contributed by atoms with van der Waals surface area (Å²) in [6.45, 7) is 8.46. The van der Waals surface area contributed by atoms with Gasteiger partial charge in [0.05, 0.1) is 0 Å². The fourth-order valence-electron chi connectivity index (χ4n) is 1.97. The van der Waals surface area contributed by atoms with Crippen molar-refractivity contribution >= 4 is 17.5 Å². The molecule has 0 aliphatic carbocycles. The van der Waals surface area contributed by atoms with E-state index in [0.717, 1.165) is 25.9 Å². The van der Waals surface area contributed by atoms with Crippen molar-refractivity contribution in [2.24, 2.45) is 5.92 Å². The average Bonchev–Trinajstić information content (AvgIpc) is 2.28. The molecule has 1 N–H and O–H groups in total. The van der Waals surface area contributed by atoms with Gasteiger partial charge < -0.3 is 10.2 Å². The fraction of sp³-hybridized carbons (Fsp3) is 0.917. The number of likely N-dealkylation sites (tertiary alicyclic amines) is 1. The minimum absolute atomic E-state index is 0.0789. The number of nitrogens with zero attached hydrogens (tertiary/aromatic N) is 1. The second kappa shape index (κ2) is 6.45. The van der Waals surface area contributed by atoms with Gasteiger partial charge in [-0.3, -0.25) is 4.79 Å². The molecular weight excluding hydrogens is 224 g/mol. The number of amides is 1. The maximum Gasteiger partial charge on any atom is 0.224 e. The summed E-state index contributed by atoms with van der Waals surface area (Å²) in [5, 5.41) is 3.08. The SMILES string of the molecule is CC(CCl)C(=O)NC1CCN(C(C)C)CC1. The third-order valence-electron chi connectivity index (χ3n) is 3.29. The van der Waals surface area contributed by atoms with Crippen molar-refractivity contribution < 1.29 is 4.79 Å². The van der Waals surface area contributed by atoms with Crippen molar-refractivity contribution in [3.63, 3.8) is 0 Å². The Bertz CT molecular complexity index is 225. The van der Waals surface area contributed by atoms with Crippen LogP contribution < -0.4 is 5.32 Å². The second-order valence-electron chi connectivity index (χ2n) is 4.97. The topological polar surface area (TPSA) is 32.3 Å². The van der Waals surface area contributed by atoms with Gasteiger partial charge >= 0.3 is 0 Å². The molecule has 1 atom stereocenters. The molecule has 1 fully saturated rings. The number of piperidine rings is 1. The Kier molecular flexibility index (Phi) is 5.56. The van der Waals surface area contributed by atoms with Crippen molar-refractivity contribution in [3.05, 3.63) is 0 Å². The van der Waals surface area contributed by atoms with Crippen LogP contribution in [-0.2, 0) is 4.79 Å². The van der Waals surface area contributed by atoms with Crippen LogP contribution in [-0.4, -0.2) is 41.9 Å². The normalized spacial score (nSPS) is 21.1. The van der Waals surface area contributed by atoms with Gasteiger partial charge in [0.25, 0.3) is 0 Å². The lowest BCUT2D eigenvalue weighted by molar-refractivity contribution is -0.124. The lowest BCUT2D eigenvalue weighted by Gasteiger charge is -2.35. The van der Waals surface area contributed by atoms with Gasteiger partial charge in [0.2, 0.25) is 5.91 Å². The van der Waals surface area contributed by atoms with E-state index in [4.69, 9.17) is 11.6 Å². The van der Waals surface area contributed by atoms with Crippen LogP contribution in [0.25, 0.3) is 0 Å². The molecule has 1 saturated heterocycles. The predicted molar refractivity (Wildman–Crippen MR) is 67.8 cm³/mol. The van der Waals surface area contributed by atoms with Crippen LogP contribution in [0.2, 0.25) is 0 Å². The largest absolute Gasteiger partial charge is 0.353 e. The lowest BCUT2D eigenvalue weighted by Crippen LogP contribution is -2.47. The number of halogens is 1. The molecule has 16 heavy (non-hydrogen) atoms. The van der Waals surface area contributed by atoms with Crippen molar-refractivity contribution in [2.45, 2.75) is 45.7 Å². The van der Waals surface area contributed by atoms with E-state index < -0.39 is 0 Å². The van der Waals surface area contributed by atoms with Gasteiger partial charge in [-0.1, -0.05) is 6.92 Å². The van der Waals surface area contributed by atoms with Gasteiger partial charge in [0, 0.05) is 37.0 Å². The number of nitrogens with one attached hydrogen (secondary N) is 1. The first-order valence-corrected chi connectivity index (χ1v) is 6.68. The van der Waals surface area contributed by atoms with Gasteiger partial charge in [0.1, 0.15) is 0 Å². The third kappa shape index (κ3) is 3.95. The second-order valence-corrected chi connectivity index (χ2v) is 5.28. The average molecular weight is 247 g/mol. The highest BCUT2D eigenvalue weighted by molar-refractivity contribution is 6.19. The standard InChI is InChI=1S/C12H23ClN2O/c1-9(2)15-6-4-11(5-7-15)14-12(16)10(3)8-13/h9-11H,4-8H2,1-3H3,(H,14,16). The van der Waals surface area contributed by atoms with Crippen LogP contribution in [0, 0.1) is 5.92 Å². The summed E-state index contributed by atoms with van der Waals surface area (Å²) in [6, 6.07) is 0.951. The summed E-state index contributed by atoms with van der Waals surface area (Å²) in [6.07, 6.45) is 2.11. The smallest absolute Gasteiger partial charge is 0.224 e. The van der Waals surface area contributed by atoms with Gasteiger partial charge in [-0.15, -0.1) is 11.6 Å². The van der Waals surface area contributed by atoms with Gasteiger partial charge in [-0.25, -0.2) is 0 Å². The molecule has 3 nitrogen and oxygen atoms in total. The van der Waals surface area contributed by atoms with Crippen molar-refractivity contribution in [3.8, 4) is 0 Å². The minimum Gasteiger partial charge on any atom is -0.353 e. The molecule has 0 spiro atoms. The van der Waals surface area contributed by atoms with E-state index in [1.54, 1.807) is 0 Å². The van der Waals surface area contributed by atoms with Gasteiger partial charge in [-0.05, 0) is 26.7 Å². The first-order chi connectivity index (χ1) is 7.54. The zero-order chi connectivity index (χ0) is 12.1. The summed E-state index contributed by atoms with van der Waals surface area (Å²) in [5.74, 6) is 0.416. The molecule has 0 bridgehead atoms. The Morgan fingerprint density at radius 3 is 2.38 bits per heavy atom. The monoisotopic (exact) mass is 246 g/mol. The first-order valence-electron chi connectivity index (χ1n) is 6.15. The number of carbonyl (C=O) groups excluding carboxylic acids is 1. The number of hydrogen-bond acceptors (Lipinski definition) is 2. The molecule has 94 valence electrons.